The Balaban J connectivity index is 1.54. The van der Waals surface area contributed by atoms with Gasteiger partial charge in [-0.25, -0.2) is 4.98 Å². The van der Waals surface area contributed by atoms with Crippen molar-refractivity contribution in [3.63, 3.8) is 0 Å². The van der Waals surface area contributed by atoms with Gasteiger partial charge in [-0.15, -0.1) is 11.3 Å². The Morgan fingerprint density at radius 2 is 1.91 bits per heavy atom. The normalized spacial score (nSPS) is 18.2. The molecule has 3 rings (SSSR count). The van der Waals surface area contributed by atoms with Crippen molar-refractivity contribution < 1.29 is 5.11 Å². The summed E-state index contributed by atoms with van der Waals surface area (Å²) in [5, 5.41) is 10.6. The van der Waals surface area contributed by atoms with E-state index in [9.17, 15) is 5.11 Å². The Kier molecular flexibility index (Phi) is 5.78. The van der Waals surface area contributed by atoms with Crippen LogP contribution in [0, 0.1) is 0 Å². The molecule has 0 aliphatic carbocycles. The highest BCUT2D eigenvalue weighted by Crippen LogP contribution is 2.26. The molecule has 5 heteroatoms. The Morgan fingerprint density at radius 3 is 2.57 bits per heavy atom. The van der Waals surface area contributed by atoms with Crippen LogP contribution in [0.25, 0.3) is 10.4 Å². The first-order valence-corrected chi connectivity index (χ1v) is 9.19. The molecule has 1 aliphatic heterocycles. The lowest BCUT2D eigenvalue weighted by atomic mass is 10.1. The fourth-order valence-electron chi connectivity index (χ4n) is 3.10. The molecule has 124 valence electrons. The zero-order valence-corrected chi connectivity index (χ0v) is 14.5. The van der Waals surface area contributed by atoms with Gasteiger partial charge in [0.05, 0.1) is 18.0 Å². The Bertz CT molecular complexity index is 589. The summed E-state index contributed by atoms with van der Waals surface area (Å²) in [4.78, 5) is 10.7. The van der Waals surface area contributed by atoms with E-state index in [0.29, 0.717) is 6.04 Å². The van der Waals surface area contributed by atoms with Crippen LogP contribution in [0.1, 0.15) is 18.4 Å². The van der Waals surface area contributed by atoms with Crippen molar-refractivity contribution in [1.29, 1.82) is 0 Å². The molecule has 4 nitrogen and oxygen atoms in total. The maximum absolute atomic E-state index is 9.43. The second-order valence-electron chi connectivity index (χ2n) is 6.04. The van der Waals surface area contributed by atoms with Gasteiger partial charge in [-0.3, -0.25) is 9.80 Å². The summed E-state index contributed by atoms with van der Waals surface area (Å²) in [6.45, 7) is 7.53. The molecule has 2 heterocycles. The monoisotopic (exact) mass is 331 g/mol. The molecule has 1 atom stereocenters. The third-order valence-corrected chi connectivity index (χ3v) is 5.61. The van der Waals surface area contributed by atoms with E-state index in [4.69, 9.17) is 0 Å². The van der Waals surface area contributed by atoms with Gasteiger partial charge in [0.1, 0.15) is 5.01 Å². The van der Waals surface area contributed by atoms with E-state index in [1.54, 1.807) is 11.3 Å². The first-order valence-electron chi connectivity index (χ1n) is 8.37. The standard InChI is InChI=1S/C18H25N3OS/c1-2-16(14-22)21-10-8-20(9-11-21)13-18-19-12-17(23-18)15-6-4-3-5-7-15/h3-7,12,16,22H,2,8-11,13-14H2,1H3. The van der Waals surface area contributed by atoms with Gasteiger partial charge >= 0.3 is 0 Å². The maximum Gasteiger partial charge on any atom is 0.107 e. The summed E-state index contributed by atoms with van der Waals surface area (Å²) in [5.74, 6) is 0. The molecule has 1 saturated heterocycles. The molecule has 2 aromatic rings. The fraction of sp³-hybridized carbons (Fsp3) is 0.500. The number of hydrogen-bond donors (Lipinski definition) is 1. The van der Waals surface area contributed by atoms with Gasteiger partial charge in [0.15, 0.2) is 0 Å². The SMILES string of the molecule is CCC(CO)N1CCN(Cc2ncc(-c3ccccc3)s2)CC1. The van der Waals surface area contributed by atoms with Gasteiger partial charge in [0, 0.05) is 38.4 Å². The topological polar surface area (TPSA) is 39.6 Å². The van der Waals surface area contributed by atoms with Crippen molar-refractivity contribution in [2.24, 2.45) is 0 Å². The number of aromatic nitrogens is 1. The molecule has 1 aromatic carbocycles. The minimum Gasteiger partial charge on any atom is -0.395 e. The van der Waals surface area contributed by atoms with Gasteiger partial charge in [0.25, 0.3) is 0 Å². The van der Waals surface area contributed by atoms with E-state index in [2.05, 4.69) is 46.0 Å². The average Bonchev–Trinajstić information content (AvgIpc) is 3.07. The number of piperazine rings is 1. The minimum absolute atomic E-state index is 0.267. The van der Waals surface area contributed by atoms with Crippen LogP contribution in [0.3, 0.4) is 0 Å². The first-order chi connectivity index (χ1) is 11.3. The average molecular weight is 331 g/mol. The molecular weight excluding hydrogens is 306 g/mol. The van der Waals surface area contributed by atoms with Gasteiger partial charge in [-0.1, -0.05) is 37.3 Å². The molecule has 1 fully saturated rings. The van der Waals surface area contributed by atoms with Gasteiger partial charge < -0.3 is 5.11 Å². The van der Waals surface area contributed by atoms with Crippen molar-refractivity contribution in [3.05, 3.63) is 41.5 Å². The minimum atomic E-state index is 0.267. The largest absolute Gasteiger partial charge is 0.395 e. The molecular formula is C18H25N3OS. The molecule has 1 unspecified atom stereocenters. The zero-order valence-electron chi connectivity index (χ0n) is 13.7. The van der Waals surface area contributed by atoms with Crippen LogP contribution in [0.15, 0.2) is 36.5 Å². The summed E-state index contributed by atoms with van der Waals surface area (Å²) in [6, 6.07) is 10.8. The Morgan fingerprint density at radius 1 is 1.17 bits per heavy atom. The molecule has 0 spiro atoms. The first kappa shape index (κ1) is 16.6. The van der Waals surface area contributed by atoms with Crippen LogP contribution in [0.2, 0.25) is 0 Å². The Hall–Kier alpha value is -1.27. The van der Waals surface area contributed by atoms with Crippen molar-refractivity contribution in [1.82, 2.24) is 14.8 Å². The van der Waals surface area contributed by atoms with Crippen LogP contribution in [-0.4, -0.2) is 58.7 Å². The van der Waals surface area contributed by atoms with Crippen LogP contribution in [0.5, 0.6) is 0 Å². The third kappa shape index (κ3) is 4.18. The fourth-order valence-corrected chi connectivity index (χ4v) is 4.07. The summed E-state index contributed by atoms with van der Waals surface area (Å²) < 4.78 is 0. The van der Waals surface area contributed by atoms with Gasteiger partial charge in [0.2, 0.25) is 0 Å². The number of aliphatic hydroxyl groups is 1. The molecule has 0 bridgehead atoms. The number of benzene rings is 1. The van der Waals surface area contributed by atoms with E-state index in [0.717, 1.165) is 39.1 Å². The number of rotatable bonds is 6. The number of aliphatic hydroxyl groups excluding tert-OH is 1. The third-order valence-electron chi connectivity index (χ3n) is 4.58. The predicted molar refractivity (Wildman–Crippen MR) is 95.6 cm³/mol. The summed E-state index contributed by atoms with van der Waals surface area (Å²) in [5.41, 5.74) is 1.25. The smallest absolute Gasteiger partial charge is 0.107 e. The van der Waals surface area contributed by atoms with E-state index >= 15 is 0 Å². The number of hydrogen-bond acceptors (Lipinski definition) is 5. The highest BCUT2D eigenvalue weighted by molar-refractivity contribution is 7.15. The zero-order chi connectivity index (χ0) is 16.1. The van der Waals surface area contributed by atoms with Crippen molar-refractivity contribution in [3.8, 4) is 10.4 Å². The van der Waals surface area contributed by atoms with E-state index in [1.165, 1.54) is 15.4 Å². The highest BCUT2D eigenvalue weighted by Gasteiger charge is 2.22. The molecule has 1 N–H and O–H groups in total. The van der Waals surface area contributed by atoms with Crippen LogP contribution >= 0.6 is 11.3 Å². The quantitative estimate of drug-likeness (QED) is 0.883. The van der Waals surface area contributed by atoms with Crippen molar-refractivity contribution >= 4 is 11.3 Å². The molecule has 0 saturated carbocycles. The molecule has 1 aromatic heterocycles. The summed E-state index contributed by atoms with van der Waals surface area (Å²) in [7, 11) is 0. The van der Waals surface area contributed by atoms with Gasteiger partial charge in [-0.05, 0) is 12.0 Å². The van der Waals surface area contributed by atoms with E-state index in [-0.39, 0.29) is 6.61 Å². The molecule has 23 heavy (non-hydrogen) atoms. The van der Waals surface area contributed by atoms with Crippen molar-refractivity contribution in [2.45, 2.75) is 25.9 Å². The van der Waals surface area contributed by atoms with Gasteiger partial charge in [-0.2, -0.15) is 0 Å². The van der Waals surface area contributed by atoms with Crippen LogP contribution in [-0.2, 0) is 6.54 Å². The number of thiazole rings is 1. The molecule has 0 radical (unpaired) electrons. The second kappa shape index (κ2) is 8.02. The summed E-state index contributed by atoms with van der Waals surface area (Å²) in [6.07, 6.45) is 3.01. The lowest BCUT2D eigenvalue weighted by molar-refractivity contribution is 0.0608. The van der Waals surface area contributed by atoms with E-state index < -0.39 is 0 Å². The molecule has 1 aliphatic rings. The molecule has 0 amide bonds. The highest BCUT2D eigenvalue weighted by atomic mass is 32.1. The maximum atomic E-state index is 9.43. The summed E-state index contributed by atoms with van der Waals surface area (Å²) >= 11 is 1.79. The van der Waals surface area contributed by atoms with Crippen molar-refractivity contribution in [2.75, 3.05) is 32.8 Å². The lowest BCUT2D eigenvalue weighted by Gasteiger charge is -2.38. The lowest BCUT2D eigenvalue weighted by Crippen LogP contribution is -2.50. The predicted octanol–water partition coefficient (Wildman–Crippen LogP) is 2.70. The number of nitrogens with zero attached hydrogens (tertiary/aromatic N) is 3. The van der Waals surface area contributed by atoms with E-state index in [1.807, 2.05) is 12.3 Å². The Labute approximate surface area is 142 Å². The van der Waals surface area contributed by atoms with Crippen LogP contribution in [0.4, 0.5) is 0 Å². The second-order valence-corrected chi connectivity index (χ2v) is 7.16. The van der Waals surface area contributed by atoms with Crippen LogP contribution < -0.4 is 0 Å².